The second kappa shape index (κ2) is 6.64. The molecule has 2 rings (SSSR count). The van der Waals surface area contributed by atoms with Gasteiger partial charge in [-0.3, -0.25) is 9.36 Å². The molecule has 118 valence electrons. The minimum atomic E-state index is -0.151. The van der Waals surface area contributed by atoms with E-state index in [1.165, 1.54) is 0 Å². The summed E-state index contributed by atoms with van der Waals surface area (Å²) in [4.78, 5) is 28.8. The van der Waals surface area contributed by atoms with Crippen LogP contribution in [0, 0.1) is 20.8 Å². The molecule has 5 nitrogen and oxygen atoms in total. The summed E-state index contributed by atoms with van der Waals surface area (Å²) in [7, 11) is 0. The molecule has 0 atom stereocenters. The lowest BCUT2D eigenvalue weighted by molar-refractivity contribution is -0.118. The summed E-state index contributed by atoms with van der Waals surface area (Å²) in [6, 6.07) is 7.89. The van der Waals surface area contributed by atoms with Gasteiger partial charge in [0, 0.05) is 36.6 Å². The van der Waals surface area contributed by atoms with Gasteiger partial charge in [-0.25, -0.2) is 4.79 Å². The number of carbonyl (C=O) groups is 1. The van der Waals surface area contributed by atoms with E-state index in [2.05, 4.69) is 4.98 Å². The minimum absolute atomic E-state index is 0.0262. The zero-order valence-corrected chi connectivity index (χ0v) is 13.6. The quantitative estimate of drug-likeness (QED) is 0.922. The van der Waals surface area contributed by atoms with E-state index >= 15 is 0 Å². The van der Waals surface area contributed by atoms with E-state index in [1.807, 2.05) is 52.0 Å². The van der Waals surface area contributed by atoms with Gasteiger partial charge in [0.25, 0.3) is 0 Å². The average molecular weight is 301 g/mol. The van der Waals surface area contributed by atoms with Crippen LogP contribution in [-0.2, 0) is 11.3 Å². The van der Waals surface area contributed by atoms with Gasteiger partial charge in [-0.2, -0.15) is 0 Å². The molecule has 2 aromatic rings. The van der Waals surface area contributed by atoms with Crippen LogP contribution >= 0.6 is 0 Å². The Morgan fingerprint density at radius 1 is 1.27 bits per heavy atom. The number of carbonyl (C=O) groups excluding carboxylic acids is 1. The maximum atomic E-state index is 12.5. The number of aryl methyl sites for hydroxylation is 2. The van der Waals surface area contributed by atoms with Crippen LogP contribution in [-0.4, -0.2) is 22.0 Å². The fraction of sp³-hybridized carbons (Fsp3) is 0.412. The van der Waals surface area contributed by atoms with Crippen LogP contribution in [0.5, 0.6) is 0 Å². The van der Waals surface area contributed by atoms with Gasteiger partial charge in [0.1, 0.15) is 0 Å². The first-order valence-electron chi connectivity index (χ1n) is 7.57. The number of benzene rings is 1. The molecule has 0 spiro atoms. The van der Waals surface area contributed by atoms with Gasteiger partial charge in [-0.1, -0.05) is 12.1 Å². The van der Waals surface area contributed by atoms with Crippen molar-refractivity contribution in [2.45, 2.75) is 40.7 Å². The second-order valence-electron chi connectivity index (χ2n) is 5.52. The Balaban J connectivity index is 2.12. The van der Waals surface area contributed by atoms with Crippen LogP contribution in [0.4, 0.5) is 5.69 Å². The van der Waals surface area contributed by atoms with E-state index in [0.29, 0.717) is 19.5 Å². The van der Waals surface area contributed by atoms with Gasteiger partial charge >= 0.3 is 5.69 Å². The molecular weight excluding hydrogens is 278 g/mol. The van der Waals surface area contributed by atoms with E-state index in [0.717, 1.165) is 22.6 Å². The van der Waals surface area contributed by atoms with Gasteiger partial charge in [0.15, 0.2) is 0 Å². The van der Waals surface area contributed by atoms with Crippen LogP contribution in [0.1, 0.15) is 30.3 Å². The first-order valence-corrected chi connectivity index (χ1v) is 7.57. The highest BCUT2D eigenvalue weighted by molar-refractivity contribution is 5.93. The summed E-state index contributed by atoms with van der Waals surface area (Å²) in [6.45, 7) is 8.72. The molecule has 0 saturated carbocycles. The number of imidazole rings is 1. The second-order valence-corrected chi connectivity index (χ2v) is 5.52. The highest BCUT2D eigenvalue weighted by Gasteiger charge is 2.15. The van der Waals surface area contributed by atoms with Gasteiger partial charge in [0.05, 0.1) is 0 Å². The molecule has 1 aromatic heterocycles. The van der Waals surface area contributed by atoms with Gasteiger partial charge in [0.2, 0.25) is 5.91 Å². The molecule has 5 heteroatoms. The molecule has 0 saturated heterocycles. The summed E-state index contributed by atoms with van der Waals surface area (Å²) >= 11 is 0. The molecule has 0 aliphatic heterocycles. The van der Waals surface area contributed by atoms with Crippen LogP contribution in [0.3, 0.4) is 0 Å². The fourth-order valence-electron chi connectivity index (χ4n) is 2.58. The zero-order valence-electron chi connectivity index (χ0n) is 13.6. The normalized spacial score (nSPS) is 10.7. The average Bonchev–Trinajstić information content (AvgIpc) is 2.71. The number of rotatable bonds is 5. The zero-order chi connectivity index (χ0) is 16.3. The molecule has 0 bridgehead atoms. The van der Waals surface area contributed by atoms with Crippen molar-refractivity contribution in [3.8, 4) is 0 Å². The Labute approximate surface area is 130 Å². The lowest BCUT2D eigenvalue weighted by Gasteiger charge is -2.21. The lowest BCUT2D eigenvalue weighted by atomic mass is 10.2. The van der Waals surface area contributed by atoms with Crippen molar-refractivity contribution in [3.05, 3.63) is 51.7 Å². The molecule has 1 heterocycles. The smallest absolute Gasteiger partial charge is 0.313 e. The first kappa shape index (κ1) is 16.1. The number of anilines is 1. The summed E-state index contributed by atoms with van der Waals surface area (Å²) < 4.78 is 1.62. The highest BCUT2D eigenvalue weighted by atomic mass is 16.2. The number of H-pyrrole nitrogens is 1. The Bertz CT molecular complexity index is 728. The number of nitrogens with zero attached hydrogens (tertiary/aromatic N) is 2. The molecule has 1 amide bonds. The Kier molecular flexibility index (Phi) is 4.85. The van der Waals surface area contributed by atoms with Crippen LogP contribution < -0.4 is 10.6 Å². The maximum Gasteiger partial charge on any atom is 0.325 e. The molecule has 1 N–H and O–H groups in total. The minimum Gasteiger partial charge on any atom is -0.313 e. The Morgan fingerprint density at radius 2 is 2.00 bits per heavy atom. The van der Waals surface area contributed by atoms with E-state index in [9.17, 15) is 9.59 Å². The van der Waals surface area contributed by atoms with Gasteiger partial charge < -0.3 is 9.88 Å². The van der Waals surface area contributed by atoms with E-state index in [4.69, 9.17) is 0 Å². The molecule has 0 aliphatic carbocycles. The standard InChI is InChI=1S/C17H23N3O2/c1-5-19(15-8-6-7-12(2)11-15)16(21)9-10-20-14(4)13(3)18-17(20)22/h6-8,11H,5,9-10H2,1-4H3,(H,18,22). The third kappa shape index (κ3) is 3.30. The van der Waals surface area contributed by atoms with E-state index in [-0.39, 0.29) is 11.6 Å². The third-order valence-electron chi connectivity index (χ3n) is 3.97. The van der Waals surface area contributed by atoms with Crippen LogP contribution in [0.2, 0.25) is 0 Å². The first-order chi connectivity index (χ1) is 10.4. The van der Waals surface area contributed by atoms with Crippen molar-refractivity contribution in [1.82, 2.24) is 9.55 Å². The molecule has 1 aromatic carbocycles. The van der Waals surface area contributed by atoms with Gasteiger partial charge in [-0.05, 0) is 45.4 Å². The third-order valence-corrected chi connectivity index (χ3v) is 3.97. The van der Waals surface area contributed by atoms with Gasteiger partial charge in [-0.15, -0.1) is 0 Å². The number of aromatic amines is 1. The van der Waals surface area contributed by atoms with E-state index < -0.39 is 0 Å². The molecule has 22 heavy (non-hydrogen) atoms. The number of nitrogens with one attached hydrogen (secondary N) is 1. The van der Waals surface area contributed by atoms with Crippen LogP contribution in [0.25, 0.3) is 0 Å². The van der Waals surface area contributed by atoms with Crippen molar-refractivity contribution in [1.29, 1.82) is 0 Å². The summed E-state index contributed by atoms with van der Waals surface area (Å²) in [5.74, 6) is 0.0262. The van der Waals surface area contributed by atoms with E-state index in [1.54, 1.807) is 9.47 Å². The summed E-state index contributed by atoms with van der Waals surface area (Å²) in [5, 5.41) is 0. The number of hydrogen-bond acceptors (Lipinski definition) is 2. The fourth-order valence-corrected chi connectivity index (χ4v) is 2.58. The summed E-state index contributed by atoms with van der Waals surface area (Å²) in [6.07, 6.45) is 0.305. The maximum absolute atomic E-state index is 12.5. The van der Waals surface area contributed by atoms with Crippen molar-refractivity contribution < 1.29 is 4.79 Å². The monoisotopic (exact) mass is 301 g/mol. The Hall–Kier alpha value is -2.30. The number of amides is 1. The predicted molar refractivity (Wildman–Crippen MR) is 88.3 cm³/mol. The molecule has 0 radical (unpaired) electrons. The van der Waals surface area contributed by atoms with Crippen molar-refractivity contribution in [2.75, 3.05) is 11.4 Å². The van der Waals surface area contributed by atoms with Crippen molar-refractivity contribution in [2.24, 2.45) is 0 Å². The molecule has 0 aliphatic rings. The molecule has 0 unspecified atom stereocenters. The highest BCUT2D eigenvalue weighted by Crippen LogP contribution is 2.17. The van der Waals surface area contributed by atoms with Crippen LogP contribution in [0.15, 0.2) is 29.1 Å². The topological polar surface area (TPSA) is 58.1 Å². The molecule has 0 fully saturated rings. The molecular formula is C17H23N3O2. The largest absolute Gasteiger partial charge is 0.325 e. The van der Waals surface area contributed by atoms with Crippen molar-refractivity contribution >= 4 is 11.6 Å². The van der Waals surface area contributed by atoms with Crippen molar-refractivity contribution in [3.63, 3.8) is 0 Å². The summed E-state index contributed by atoms with van der Waals surface area (Å²) in [5.41, 5.74) is 3.61. The SMILES string of the molecule is CCN(C(=O)CCn1c(C)c(C)[nH]c1=O)c1cccc(C)c1. The number of hydrogen-bond donors (Lipinski definition) is 1. The number of aromatic nitrogens is 2. The lowest BCUT2D eigenvalue weighted by Crippen LogP contribution is -2.32. The predicted octanol–water partition coefficient (Wildman–Crippen LogP) is 2.54. The Morgan fingerprint density at radius 3 is 2.55 bits per heavy atom.